The average Bonchev–Trinajstić information content (AvgIpc) is 3.32. The summed E-state index contributed by atoms with van der Waals surface area (Å²) in [5.74, 6) is -1.60. The van der Waals surface area contributed by atoms with Crippen molar-refractivity contribution < 1.29 is 27.5 Å². The van der Waals surface area contributed by atoms with Gasteiger partial charge in [-0.1, -0.05) is 0 Å². The summed E-state index contributed by atoms with van der Waals surface area (Å²) < 4.78 is 39.1. The maximum Gasteiger partial charge on any atom is 0.248 e. The van der Waals surface area contributed by atoms with Crippen molar-refractivity contribution in [3.8, 4) is 5.75 Å². The Morgan fingerprint density at radius 3 is 2.76 bits per heavy atom. The summed E-state index contributed by atoms with van der Waals surface area (Å²) in [6, 6.07) is 5.09. The minimum Gasteiger partial charge on any atom is -0.494 e. The number of hydrogen-bond acceptors (Lipinski definition) is 5. The van der Waals surface area contributed by atoms with Crippen LogP contribution < -0.4 is 10.1 Å². The zero-order valence-corrected chi connectivity index (χ0v) is 15.6. The Kier molecular flexibility index (Phi) is 5.87. The summed E-state index contributed by atoms with van der Waals surface area (Å²) in [5, 5.41) is 6.65. The number of Topliss-reactive ketones (excluding diaryl/α,β-unsaturated/α-hetero) is 1. The molecule has 1 aromatic carbocycles. The van der Waals surface area contributed by atoms with Crippen LogP contribution in [-0.4, -0.2) is 28.6 Å². The largest absolute Gasteiger partial charge is 0.494 e. The highest BCUT2D eigenvalue weighted by Crippen LogP contribution is 2.22. The number of benzene rings is 1. The lowest BCUT2D eigenvalue weighted by atomic mass is 10.1. The lowest BCUT2D eigenvalue weighted by Crippen LogP contribution is -2.07. The first-order valence-electron chi connectivity index (χ1n) is 8.50. The fourth-order valence-corrected chi connectivity index (χ4v) is 2.50. The van der Waals surface area contributed by atoms with Gasteiger partial charge in [-0.25, -0.2) is 8.78 Å². The van der Waals surface area contributed by atoms with Crippen molar-refractivity contribution in [2.24, 2.45) is 0 Å². The van der Waals surface area contributed by atoms with Gasteiger partial charge in [-0.3, -0.25) is 14.3 Å². The highest BCUT2D eigenvalue weighted by atomic mass is 19.1. The molecule has 0 saturated carbocycles. The molecule has 0 fully saturated rings. The van der Waals surface area contributed by atoms with Crippen LogP contribution in [0.5, 0.6) is 5.75 Å². The van der Waals surface area contributed by atoms with Crippen molar-refractivity contribution >= 4 is 23.5 Å². The smallest absolute Gasteiger partial charge is 0.248 e. The topological polar surface area (TPSA) is 86.4 Å². The maximum absolute atomic E-state index is 13.9. The normalized spacial score (nSPS) is 11.0. The number of carbonyl (C=O) groups excluding carboxylic acids is 2. The number of halogens is 2. The molecule has 7 nitrogen and oxygen atoms in total. The Balaban J connectivity index is 1.62. The molecule has 1 N–H and O–H groups in total. The van der Waals surface area contributed by atoms with Gasteiger partial charge in [0.05, 0.1) is 25.5 Å². The second kappa shape index (κ2) is 8.51. The van der Waals surface area contributed by atoms with E-state index in [1.54, 1.807) is 18.3 Å². The number of amides is 1. The van der Waals surface area contributed by atoms with Crippen LogP contribution in [0.15, 0.2) is 47.2 Å². The van der Waals surface area contributed by atoms with E-state index in [0.29, 0.717) is 11.4 Å². The fraction of sp³-hybridized carbons (Fsp3) is 0.150. The van der Waals surface area contributed by atoms with E-state index in [0.717, 1.165) is 24.3 Å². The number of aromatic nitrogens is 2. The Morgan fingerprint density at radius 1 is 1.28 bits per heavy atom. The Hall–Kier alpha value is -3.75. The van der Waals surface area contributed by atoms with Crippen molar-refractivity contribution in [1.82, 2.24) is 9.78 Å². The van der Waals surface area contributed by atoms with Crippen LogP contribution in [0, 0.1) is 11.6 Å². The molecule has 3 aromatic rings. The number of nitrogens with zero attached hydrogens (tertiary/aromatic N) is 2. The minimum absolute atomic E-state index is 0.0896. The first-order chi connectivity index (χ1) is 13.9. The number of hydrogen-bond donors (Lipinski definition) is 1. The fourth-order valence-electron chi connectivity index (χ4n) is 2.50. The second-order valence-electron chi connectivity index (χ2n) is 6.08. The molecule has 0 aliphatic carbocycles. The molecule has 0 aliphatic rings. The van der Waals surface area contributed by atoms with Crippen LogP contribution in [0.3, 0.4) is 0 Å². The quantitative estimate of drug-likeness (QED) is 0.482. The number of furan rings is 1. The van der Waals surface area contributed by atoms with Crippen molar-refractivity contribution in [1.29, 1.82) is 0 Å². The predicted molar refractivity (Wildman–Crippen MR) is 101 cm³/mol. The molecule has 29 heavy (non-hydrogen) atoms. The lowest BCUT2D eigenvalue weighted by Gasteiger charge is -2.04. The monoisotopic (exact) mass is 401 g/mol. The number of carbonyl (C=O) groups is 2. The lowest BCUT2D eigenvalue weighted by molar-refractivity contribution is -0.111. The second-order valence-corrected chi connectivity index (χ2v) is 6.08. The van der Waals surface area contributed by atoms with Crippen molar-refractivity contribution in [2.45, 2.75) is 13.5 Å². The van der Waals surface area contributed by atoms with E-state index in [2.05, 4.69) is 10.4 Å². The Morgan fingerprint density at radius 2 is 2.07 bits per heavy atom. The number of rotatable bonds is 7. The zero-order chi connectivity index (χ0) is 21.0. The molecule has 0 atom stereocenters. The number of methoxy groups -OCH3 is 1. The molecule has 0 saturated heterocycles. The van der Waals surface area contributed by atoms with Gasteiger partial charge in [0.2, 0.25) is 5.91 Å². The summed E-state index contributed by atoms with van der Waals surface area (Å²) in [7, 11) is 1.23. The molecule has 3 rings (SSSR count). The van der Waals surface area contributed by atoms with Crippen molar-refractivity contribution in [2.75, 3.05) is 12.4 Å². The van der Waals surface area contributed by atoms with Crippen molar-refractivity contribution in [3.05, 3.63) is 71.5 Å². The zero-order valence-electron chi connectivity index (χ0n) is 15.6. The first-order valence-corrected chi connectivity index (χ1v) is 8.50. The van der Waals surface area contributed by atoms with Crippen LogP contribution in [-0.2, 0) is 11.3 Å². The predicted octanol–water partition coefficient (Wildman–Crippen LogP) is 3.67. The highest BCUT2D eigenvalue weighted by molar-refractivity contribution is 6.01. The summed E-state index contributed by atoms with van der Waals surface area (Å²) in [6.45, 7) is 1.68. The van der Waals surface area contributed by atoms with E-state index in [4.69, 9.17) is 9.15 Å². The summed E-state index contributed by atoms with van der Waals surface area (Å²) in [5.41, 5.74) is 0.313. The van der Waals surface area contributed by atoms with Crippen LogP contribution >= 0.6 is 0 Å². The van der Waals surface area contributed by atoms with Crippen molar-refractivity contribution in [3.63, 3.8) is 0 Å². The van der Waals surface area contributed by atoms with Gasteiger partial charge in [-0.2, -0.15) is 5.10 Å². The molecule has 0 unspecified atom stereocenters. The van der Waals surface area contributed by atoms with Gasteiger partial charge in [0.25, 0.3) is 0 Å². The van der Waals surface area contributed by atoms with E-state index in [9.17, 15) is 18.4 Å². The van der Waals surface area contributed by atoms with E-state index < -0.39 is 17.5 Å². The summed E-state index contributed by atoms with van der Waals surface area (Å²) in [6.07, 6.45) is 5.22. The molecule has 0 radical (unpaired) electrons. The molecular weight excluding hydrogens is 384 g/mol. The molecular formula is C20H17F2N3O4. The van der Waals surface area contributed by atoms with E-state index in [-0.39, 0.29) is 29.4 Å². The maximum atomic E-state index is 13.9. The summed E-state index contributed by atoms with van der Waals surface area (Å²) in [4.78, 5) is 23.3. The number of anilines is 1. The molecule has 2 aromatic heterocycles. The SMILES string of the molecule is COc1cc(F)c(C=CC(=O)Nc2cnn(Cc3ccc(C(C)=O)o3)c2)cc1F. The highest BCUT2D eigenvalue weighted by Gasteiger charge is 2.10. The standard InChI is InChI=1S/C20H17F2N3O4/c1-12(26)18-5-4-15(29-18)11-25-10-14(9-23-25)24-20(27)6-3-13-7-17(22)19(28-2)8-16(13)21/h3-10H,11H2,1-2H3,(H,24,27). The molecule has 0 aliphatic heterocycles. The third-order valence-electron chi connectivity index (χ3n) is 3.91. The van der Waals surface area contributed by atoms with E-state index in [1.807, 2.05) is 0 Å². The van der Waals surface area contributed by atoms with Crippen LogP contribution in [0.2, 0.25) is 0 Å². The molecule has 0 spiro atoms. The van der Waals surface area contributed by atoms with Gasteiger partial charge < -0.3 is 14.5 Å². The third kappa shape index (κ3) is 4.95. The van der Waals surface area contributed by atoms with Gasteiger partial charge in [0, 0.05) is 30.8 Å². The molecule has 2 heterocycles. The Labute approximate surface area is 164 Å². The summed E-state index contributed by atoms with van der Waals surface area (Å²) >= 11 is 0. The number of ketones is 1. The minimum atomic E-state index is -0.735. The molecule has 0 bridgehead atoms. The molecule has 9 heteroatoms. The number of ether oxygens (including phenoxy) is 1. The van der Waals surface area contributed by atoms with Gasteiger partial charge >= 0.3 is 0 Å². The van der Waals surface area contributed by atoms with Crippen LogP contribution in [0.25, 0.3) is 6.08 Å². The van der Waals surface area contributed by atoms with Gasteiger partial charge in [0.15, 0.2) is 23.1 Å². The third-order valence-corrected chi connectivity index (χ3v) is 3.91. The van der Waals surface area contributed by atoms with Gasteiger partial charge in [0.1, 0.15) is 11.6 Å². The van der Waals surface area contributed by atoms with Gasteiger partial charge in [-0.15, -0.1) is 0 Å². The number of nitrogens with one attached hydrogen (secondary N) is 1. The Bertz CT molecular complexity index is 1090. The van der Waals surface area contributed by atoms with Crippen LogP contribution in [0.4, 0.5) is 14.5 Å². The molecule has 150 valence electrons. The molecule has 1 amide bonds. The van der Waals surface area contributed by atoms with E-state index in [1.165, 1.54) is 24.9 Å². The first kappa shape index (κ1) is 20.0. The average molecular weight is 401 g/mol. The van der Waals surface area contributed by atoms with Crippen LogP contribution in [0.1, 0.15) is 28.8 Å². The van der Waals surface area contributed by atoms with E-state index >= 15 is 0 Å². The van der Waals surface area contributed by atoms with Gasteiger partial charge in [-0.05, 0) is 24.3 Å².